The molecule has 0 saturated heterocycles. The Bertz CT molecular complexity index is 995. The Labute approximate surface area is 158 Å². The molecule has 7 heteroatoms. The maximum absolute atomic E-state index is 13.0. The van der Waals surface area contributed by atoms with Gasteiger partial charge in [-0.25, -0.2) is 9.50 Å². The molecule has 0 saturated carbocycles. The number of hydrogen-bond acceptors (Lipinski definition) is 4. The summed E-state index contributed by atoms with van der Waals surface area (Å²) in [6.07, 6.45) is 0.823. The van der Waals surface area contributed by atoms with E-state index in [1.807, 2.05) is 6.07 Å². The Hall–Kier alpha value is -1.44. The van der Waals surface area contributed by atoms with Crippen LogP contribution in [0.25, 0.3) is 5.65 Å². The maximum atomic E-state index is 13.0. The zero-order valence-electron chi connectivity index (χ0n) is 14.6. The van der Waals surface area contributed by atoms with Crippen LogP contribution in [-0.2, 0) is 24.9 Å². The van der Waals surface area contributed by atoms with E-state index in [1.165, 1.54) is 4.88 Å². The molecule has 4 heterocycles. The fourth-order valence-corrected chi connectivity index (χ4v) is 4.71. The predicted molar refractivity (Wildman–Crippen MR) is 104 cm³/mol. The number of nitrogens with zero attached hydrogens (tertiary/aromatic N) is 3. The van der Waals surface area contributed by atoms with E-state index in [1.54, 1.807) is 15.9 Å². The first-order valence-electron chi connectivity index (χ1n) is 8.40. The van der Waals surface area contributed by atoms with Crippen LogP contribution >= 0.6 is 27.3 Å². The maximum Gasteiger partial charge on any atom is 0.277 e. The second-order valence-corrected chi connectivity index (χ2v) is 9.56. The number of hydrogen-bond donors (Lipinski definition) is 1. The molecule has 4 rings (SSSR count). The fraction of sp³-hybridized carbons (Fsp3) is 0.444. The molecule has 0 aromatic carbocycles. The van der Waals surface area contributed by atoms with Crippen LogP contribution in [0.1, 0.15) is 42.6 Å². The van der Waals surface area contributed by atoms with Gasteiger partial charge in [0.1, 0.15) is 0 Å². The van der Waals surface area contributed by atoms with Gasteiger partial charge in [-0.1, -0.05) is 20.8 Å². The topological polar surface area (TPSA) is 53.4 Å². The summed E-state index contributed by atoms with van der Waals surface area (Å²) in [5, 5.41) is 5.34. The first-order valence-corrected chi connectivity index (χ1v) is 10.1. The molecule has 0 unspecified atom stereocenters. The quantitative estimate of drug-likeness (QED) is 0.687. The van der Waals surface area contributed by atoms with E-state index in [2.05, 4.69) is 58.1 Å². The van der Waals surface area contributed by atoms with Gasteiger partial charge in [0, 0.05) is 58.0 Å². The van der Waals surface area contributed by atoms with Crippen LogP contribution < -0.4 is 5.56 Å². The largest absolute Gasteiger partial charge is 0.293 e. The highest BCUT2D eigenvalue weighted by molar-refractivity contribution is 9.10. The van der Waals surface area contributed by atoms with Crippen molar-refractivity contribution in [2.45, 2.75) is 45.7 Å². The van der Waals surface area contributed by atoms with Crippen molar-refractivity contribution in [3.8, 4) is 0 Å². The first-order chi connectivity index (χ1) is 11.8. The lowest BCUT2D eigenvalue weighted by Crippen LogP contribution is -2.36. The van der Waals surface area contributed by atoms with Gasteiger partial charge in [-0.3, -0.25) is 14.8 Å². The van der Waals surface area contributed by atoms with Crippen molar-refractivity contribution in [3.05, 3.63) is 54.2 Å². The molecule has 1 aliphatic heterocycles. The highest BCUT2D eigenvalue weighted by atomic mass is 79.9. The molecular formula is C18H21BrN4OS. The third kappa shape index (κ3) is 3.20. The lowest BCUT2D eigenvalue weighted by Gasteiger charge is -2.27. The summed E-state index contributed by atoms with van der Waals surface area (Å²) >= 11 is 5.25. The van der Waals surface area contributed by atoms with Gasteiger partial charge >= 0.3 is 0 Å². The van der Waals surface area contributed by atoms with Crippen molar-refractivity contribution in [2.75, 3.05) is 6.54 Å². The van der Waals surface area contributed by atoms with E-state index in [4.69, 9.17) is 4.98 Å². The fourth-order valence-electron chi connectivity index (χ4n) is 3.21. The molecule has 1 N–H and O–H groups in total. The Morgan fingerprint density at radius 1 is 1.36 bits per heavy atom. The number of aromatic amines is 1. The Kier molecular flexibility index (Phi) is 4.13. The van der Waals surface area contributed by atoms with Crippen LogP contribution in [0.5, 0.6) is 0 Å². The molecular weight excluding hydrogens is 400 g/mol. The van der Waals surface area contributed by atoms with Crippen molar-refractivity contribution in [3.63, 3.8) is 0 Å². The Morgan fingerprint density at radius 3 is 2.84 bits per heavy atom. The van der Waals surface area contributed by atoms with Crippen molar-refractivity contribution >= 4 is 32.9 Å². The lowest BCUT2D eigenvalue weighted by molar-refractivity contribution is 0.243. The SMILES string of the molecule is CC(C)(C)c1cc2nc3c(c(=O)n2[nH]1)CN(Cc1cc(Br)cs1)CC3. The summed E-state index contributed by atoms with van der Waals surface area (Å²) in [6.45, 7) is 8.84. The molecule has 25 heavy (non-hydrogen) atoms. The minimum atomic E-state index is -0.0424. The molecule has 1 aliphatic rings. The highest BCUT2D eigenvalue weighted by Crippen LogP contribution is 2.25. The molecule has 0 spiro atoms. The van der Waals surface area contributed by atoms with E-state index >= 15 is 0 Å². The van der Waals surface area contributed by atoms with Crippen molar-refractivity contribution in [2.24, 2.45) is 0 Å². The average Bonchev–Trinajstić information content (AvgIpc) is 3.14. The van der Waals surface area contributed by atoms with Crippen LogP contribution in [0.4, 0.5) is 0 Å². The number of nitrogens with one attached hydrogen (secondary N) is 1. The predicted octanol–water partition coefficient (Wildman–Crippen LogP) is 3.70. The molecule has 0 amide bonds. The number of H-pyrrole nitrogens is 1. The van der Waals surface area contributed by atoms with Gasteiger partial charge < -0.3 is 0 Å². The molecule has 0 radical (unpaired) electrons. The molecule has 3 aromatic heterocycles. The van der Waals surface area contributed by atoms with E-state index in [0.29, 0.717) is 6.54 Å². The summed E-state index contributed by atoms with van der Waals surface area (Å²) in [7, 11) is 0. The molecule has 0 bridgehead atoms. The Morgan fingerprint density at radius 2 is 2.16 bits per heavy atom. The number of halogens is 1. The van der Waals surface area contributed by atoms with Gasteiger partial charge in [-0.15, -0.1) is 11.3 Å². The Balaban J connectivity index is 1.68. The third-order valence-electron chi connectivity index (χ3n) is 4.65. The van der Waals surface area contributed by atoms with Crippen LogP contribution in [0, 0.1) is 0 Å². The van der Waals surface area contributed by atoms with Crippen LogP contribution in [0.3, 0.4) is 0 Å². The first kappa shape index (κ1) is 17.0. The molecule has 0 atom stereocenters. The second kappa shape index (κ2) is 6.07. The van der Waals surface area contributed by atoms with E-state index in [9.17, 15) is 4.79 Å². The standard InChI is InChI=1S/C18H21BrN4OS/c1-18(2,3)15-7-16-20-14-4-5-22(8-12-6-11(19)10-25-12)9-13(14)17(24)23(16)21-15/h6-7,10,21H,4-5,8-9H2,1-3H3. The molecule has 0 aliphatic carbocycles. The zero-order valence-corrected chi connectivity index (χ0v) is 17.0. The average molecular weight is 421 g/mol. The van der Waals surface area contributed by atoms with Crippen LogP contribution in [-0.4, -0.2) is 26.0 Å². The van der Waals surface area contributed by atoms with Crippen molar-refractivity contribution < 1.29 is 0 Å². The summed E-state index contributed by atoms with van der Waals surface area (Å²) in [4.78, 5) is 21.4. The monoisotopic (exact) mass is 420 g/mol. The molecule has 132 valence electrons. The molecule has 5 nitrogen and oxygen atoms in total. The van der Waals surface area contributed by atoms with E-state index in [0.717, 1.165) is 46.6 Å². The third-order valence-corrected chi connectivity index (χ3v) is 6.33. The minimum Gasteiger partial charge on any atom is -0.293 e. The van der Waals surface area contributed by atoms with Crippen LogP contribution in [0.15, 0.2) is 26.8 Å². The van der Waals surface area contributed by atoms with Gasteiger partial charge in [0.05, 0.1) is 11.3 Å². The van der Waals surface area contributed by atoms with Gasteiger partial charge in [0.15, 0.2) is 5.65 Å². The minimum absolute atomic E-state index is 0.0348. The van der Waals surface area contributed by atoms with E-state index in [-0.39, 0.29) is 11.0 Å². The zero-order chi connectivity index (χ0) is 17.8. The smallest absolute Gasteiger partial charge is 0.277 e. The normalized spacial score (nSPS) is 15.7. The summed E-state index contributed by atoms with van der Waals surface area (Å²) in [6, 6.07) is 4.15. The van der Waals surface area contributed by atoms with Crippen molar-refractivity contribution in [1.82, 2.24) is 19.5 Å². The summed E-state index contributed by atoms with van der Waals surface area (Å²) < 4.78 is 2.72. The molecule has 3 aromatic rings. The summed E-state index contributed by atoms with van der Waals surface area (Å²) in [5.41, 5.74) is 3.52. The molecule has 0 fully saturated rings. The van der Waals surface area contributed by atoms with Gasteiger partial charge in [0.25, 0.3) is 5.56 Å². The van der Waals surface area contributed by atoms with Crippen molar-refractivity contribution in [1.29, 1.82) is 0 Å². The highest BCUT2D eigenvalue weighted by Gasteiger charge is 2.24. The number of rotatable bonds is 2. The number of aromatic nitrogens is 3. The van der Waals surface area contributed by atoms with Gasteiger partial charge in [-0.05, 0) is 22.0 Å². The van der Waals surface area contributed by atoms with Gasteiger partial charge in [-0.2, -0.15) is 0 Å². The number of thiophene rings is 1. The lowest BCUT2D eigenvalue weighted by atomic mass is 9.93. The second-order valence-electron chi connectivity index (χ2n) is 7.65. The number of fused-ring (bicyclic) bond motifs is 2. The summed E-state index contributed by atoms with van der Waals surface area (Å²) in [5.74, 6) is 0. The van der Waals surface area contributed by atoms with Gasteiger partial charge in [0.2, 0.25) is 0 Å². The van der Waals surface area contributed by atoms with E-state index < -0.39 is 0 Å². The van der Waals surface area contributed by atoms with Crippen LogP contribution in [0.2, 0.25) is 0 Å².